The van der Waals surface area contributed by atoms with Gasteiger partial charge in [-0.15, -0.1) is 0 Å². The average Bonchev–Trinajstić information content (AvgIpc) is 4.09. The highest BCUT2D eigenvalue weighted by atomic mass is 16.6. The van der Waals surface area contributed by atoms with Crippen molar-refractivity contribution in [3.63, 3.8) is 0 Å². The summed E-state index contributed by atoms with van der Waals surface area (Å²) in [4.78, 5) is 68.3. The Labute approximate surface area is 338 Å². The molecule has 4 aliphatic heterocycles. The SMILES string of the molecule is CC[C@H](C)[C@H](NC(=O)OC)C(=O)N1CCC[C@H]1C1=CN=C(c2ccc3c(c2)Oc2ccc(-c4ncc([C@@H]5CCCN5C(=O)[C@@H](NC(=O)OC)[C@@H](C)CC)[nH]4)cc2O3)C1. The number of likely N-dealkylation sites (tertiary alicyclic amines) is 2. The molecule has 15 nitrogen and oxygen atoms in total. The van der Waals surface area contributed by atoms with Crippen LogP contribution in [0.5, 0.6) is 23.0 Å². The molecule has 58 heavy (non-hydrogen) atoms. The zero-order chi connectivity index (χ0) is 41.1. The maximum absolute atomic E-state index is 13.8. The van der Waals surface area contributed by atoms with E-state index in [9.17, 15) is 19.2 Å². The zero-order valence-electron chi connectivity index (χ0n) is 34.0. The summed E-state index contributed by atoms with van der Waals surface area (Å²) in [6, 6.07) is 9.75. The number of benzene rings is 2. The molecule has 15 heteroatoms. The Hall–Kier alpha value is -5.86. The Bertz CT molecular complexity index is 2110. The first-order valence-corrected chi connectivity index (χ1v) is 20.3. The lowest BCUT2D eigenvalue weighted by Crippen LogP contribution is -2.53. The van der Waals surface area contributed by atoms with Crippen molar-refractivity contribution >= 4 is 29.7 Å². The van der Waals surface area contributed by atoms with Crippen molar-refractivity contribution in [1.29, 1.82) is 0 Å². The lowest BCUT2D eigenvalue weighted by molar-refractivity contribution is -0.136. The number of H-pyrrole nitrogens is 1. The maximum atomic E-state index is 13.8. The Balaban J connectivity index is 1.00. The van der Waals surface area contributed by atoms with E-state index in [1.807, 2.05) is 80.1 Å². The minimum Gasteiger partial charge on any atom is -0.453 e. The van der Waals surface area contributed by atoms with Crippen LogP contribution >= 0.6 is 0 Å². The van der Waals surface area contributed by atoms with Gasteiger partial charge in [0.15, 0.2) is 23.0 Å². The van der Waals surface area contributed by atoms with Gasteiger partial charge < -0.3 is 44.4 Å². The van der Waals surface area contributed by atoms with Crippen molar-refractivity contribution in [2.45, 2.75) is 96.8 Å². The number of carbonyl (C=O) groups is 4. The van der Waals surface area contributed by atoms with E-state index in [-0.39, 0.29) is 35.7 Å². The summed E-state index contributed by atoms with van der Waals surface area (Å²) in [5, 5.41) is 5.50. The molecule has 0 aliphatic carbocycles. The molecule has 0 saturated carbocycles. The molecule has 0 unspecified atom stereocenters. The second kappa shape index (κ2) is 17.3. The van der Waals surface area contributed by atoms with Crippen LogP contribution in [0.4, 0.5) is 9.59 Å². The Kier molecular flexibility index (Phi) is 12.1. The van der Waals surface area contributed by atoms with Crippen molar-refractivity contribution in [3.8, 4) is 34.4 Å². The topological polar surface area (TPSA) is 177 Å². The normalized spacial score (nSPS) is 20.3. The van der Waals surface area contributed by atoms with Gasteiger partial charge in [0.25, 0.3) is 0 Å². The smallest absolute Gasteiger partial charge is 0.407 e. The van der Waals surface area contributed by atoms with E-state index in [0.29, 0.717) is 48.3 Å². The molecule has 4 amide bonds. The number of aromatic amines is 1. The third-order valence-electron chi connectivity index (χ3n) is 12.0. The van der Waals surface area contributed by atoms with Gasteiger partial charge >= 0.3 is 12.2 Å². The third kappa shape index (κ3) is 8.12. The van der Waals surface area contributed by atoms with E-state index in [2.05, 4.69) is 20.6 Å². The van der Waals surface area contributed by atoms with Crippen LogP contribution in [0.15, 0.2) is 59.4 Å². The van der Waals surface area contributed by atoms with Gasteiger partial charge in [-0.05, 0) is 79.5 Å². The van der Waals surface area contributed by atoms with Gasteiger partial charge in [0.05, 0.1) is 43.9 Å². The van der Waals surface area contributed by atoms with Crippen LogP contribution in [0.25, 0.3) is 11.4 Å². The van der Waals surface area contributed by atoms with Gasteiger partial charge in [-0.1, -0.05) is 40.5 Å². The molecule has 0 spiro atoms. The standard InChI is InChI=1S/C43H53N7O8/c1-7-24(3)37(47-42(53)55-5)40(51)49-17-9-11-31(49)28-19-29(44-22-28)26-13-15-33-35(20-26)57-34-16-14-27(21-36(34)58-33)39-45-23-30(46-39)32-12-10-18-50(32)41(52)38(25(4)8-2)48-43(54)56-6/h13-16,20-25,31-32,37-38H,7-12,17-19H2,1-6H3,(H,45,46)(H,47,53)(H,48,54)/t24-,25-,31-,32-,37-,38-/m0/s1. The van der Waals surface area contributed by atoms with E-state index in [1.54, 1.807) is 6.20 Å². The first-order chi connectivity index (χ1) is 28.0. The van der Waals surface area contributed by atoms with Crippen molar-refractivity contribution in [2.75, 3.05) is 27.3 Å². The molecule has 0 radical (unpaired) electrons. The molecule has 1 aromatic heterocycles. The quantitative estimate of drug-likeness (QED) is 0.133. The average molecular weight is 796 g/mol. The molecule has 2 fully saturated rings. The van der Waals surface area contributed by atoms with E-state index in [0.717, 1.165) is 66.6 Å². The molecule has 4 aliphatic rings. The van der Waals surface area contributed by atoms with Crippen molar-refractivity contribution in [3.05, 3.63) is 65.6 Å². The number of aromatic nitrogens is 2. The molecule has 308 valence electrons. The van der Waals surface area contributed by atoms with Crippen molar-refractivity contribution in [1.82, 2.24) is 30.4 Å². The van der Waals surface area contributed by atoms with Crippen LogP contribution in [-0.4, -0.2) is 94.9 Å². The van der Waals surface area contributed by atoms with Gasteiger partial charge in [-0.3, -0.25) is 14.6 Å². The molecular formula is C43H53N7O8. The van der Waals surface area contributed by atoms with Gasteiger partial charge in [0.1, 0.15) is 17.9 Å². The molecule has 3 aromatic rings. The number of imidazole rings is 1. The van der Waals surface area contributed by atoms with Gasteiger partial charge in [0.2, 0.25) is 11.8 Å². The van der Waals surface area contributed by atoms with Crippen LogP contribution in [0, 0.1) is 11.8 Å². The highest BCUT2D eigenvalue weighted by Gasteiger charge is 2.40. The Morgan fingerprint density at radius 3 is 1.90 bits per heavy atom. The lowest BCUT2D eigenvalue weighted by Gasteiger charge is -2.32. The van der Waals surface area contributed by atoms with Gasteiger partial charge in [-0.2, -0.15) is 0 Å². The molecule has 6 atom stereocenters. The highest BCUT2D eigenvalue weighted by molar-refractivity contribution is 6.04. The molecule has 3 N–H and O–H groups in total. The summed E-state index contributed by atoms with van der Waals surface area (Å²) in [5.41, 5.74) is 4.45. The Morgan fingerprint density at radius 1 is 0.793 bits per heavy atom. The van der Waals surface area contributed by atoms with Crippen LogP contribution in [0.2, 0.25) is 0 Å². The lowest BCUT2D eigenvalue weighted by atomic mass is 9.95. The van der Waals surface area contributed by atoms with E-state index in [4.69, 9.17) is 23.9 Å². The zero-order valence-corrected chi connectivity index (χ0v) is 34.0. The number of hydrogen-bond acceptors (Lipinski definition) is 10. The van der Waals surface area contributed by atoms with Crippen LogP contribution in [-0.2, 0) is 19.1 Å². The predicted molar refractivity (Wildman–Crippen MR) is 216 cm³/mol. The largest absolute Gasteiger partial charge is 0.453 e. The first-order valence-electron chi connectivity index (χ1n) is 20.3. The second-order valence-electron chi connectivity index (χ2n) is 15.5. The van der Waals surface area contributed by atoms with Crippen LogP contribution < -0.4 is 20.1 Å². The summed E-state index contributed by atoms with van der Waals surface area (Å²) in [6.45, 7) is 9.10. The van der Waals surface area contributed by atoms with Gasteiger partial charge in [0, 0.05) is 36.8 Å². The number of rotatable bonds is 12. The summed E-state index contributed by atoms with van der Waals surface area (Å²) < 4.78 is 22.3. The highest BCUT2D eigenvalue weighted by Crippen LogP contribution is 2.47. The summed E-state index contributed by atoms with van der Waals surface area (Å²) in [6.07, 6.45) is 7.77. The fourth-order valence-electron chi connectivity index (χ4n) is 8.25. The number of nitrogens with zero attached hydrogens (tertiary/aromatic N) is 4. The number of ether oxygens (including phenoxy) is 4. The second-order valence-corrected chi connectivity index (χ2v) is 15.5. The number of hydrogen-bond donors (Lipinski definition) is 3. The van der Waals surface area contributed by atoms with E-state index in [1.165, 1.54) is 14.2 Å². The van der Waals surface area contributed by atoms with Crippen LogP contribution in [0.1, 0.15) is 89.9 Å². The summed E-state index contributed by atoms with van der Waals surface area (Å²) >= 11 is 0. The number of amides is 4. The third-order valence-corrected chi connectivity index (χ3v) is 12.0. The summed E-state index contributed by atoms with van der Waals surface area (Å²) in [7, 11) is 2.59. The first kappa shape index (κ1) is 40.3. The predicted octanol–water partition coefficient (Wildman–Crippen LogP) is 7.25. The number of alkyl carbamates (subject to hydrolysis) is 2. The number of carbonyl (C=O) groups excluding carboxylic acids is 4. The fourth-order valence-corrected chi connectivity index (χ4v) is 8.25. The summed E-state index contributed by atoms with van der Waals surface area (Å²) in [5.74, 6) is 2.52. The number of aliphatic imine (C=N–C) groups is 1. The molecule has 5 heterocycles. The van der Waals surface area contributed by atoms with E-state index < -0.39 is 24.3 Å². The van der Waals surface area contributed by atoms with Crippen molar-refractivity contribution < 1.29 is 38.1 Å². The minimum atomic E-state index is -0.690. The maximum Gasteiger partial charge on any atom is 0.407 e. The number of methoxy groups -OCH3 is 2. The molecular weight excluding hydrogens is 743 g/mol. The van der Waals surface area contributed by atoms with Gasteiger partial charge in [-0.25, -0.2) is 14.6 Å². The molecule has 7 rings (SSSR count). The molecule has 0 bridgehead atoms. The minimum absolute atomic E-state index is 0.0519. The van der Waals surface area contributed by atoms with Crippen molar-refractivity contribution in [2.24, 2.45) is 16.8 Å². The van der Waals surface area contributed by atoms with Crippen LogP contribution in [0.3, 0.4) is 0 Å². The number of nitrogens with one attached hydrogen (secondary N) is 3. The number of fused-ring (bicyclic) bond motifs is 2. The monoisotopic (exact) mass is 795 g/mol. The molecule has 2 aromatic carbocycles. The van der Waals surface area contributed by atoms with E-state index >= 15 is 0 Å². The molecule has 2 saturated heterocycles. The Morgan fingerprint density at radius 2 is 1.33 bits per heavy atom. The fraction of sp³-hybridized carbons (Fsp3) is 0.488.